The normalized spacial score (nSPS) is 14.9. The molecular formula is C24H17BrN2O7S2. The summed E-state index contributed by atoms with van der Waals surface area (Å²) in [5.74, 6) is -0.443. The molecule has 0 radical (unpaired) electrons. The number of carbonyl (C=O) groups excluding carboxylic acids is 2. The van der Waals surface area contributed by atoms with Crippen LogP contribution in [-0.2, 0) is 21.5 Å². The van der Waals surface area contributed by atoms with Gasteiger partial charge in [-0.15, -0.1) is 0 Å². The molecule has 3 aromatic carbocycles. The van der Waals surface area contributed by atoms with Crippen LogP contribution < -0.4 is 4.18 Å². The monoisotopic (exact) mass is 588 g/mol. The van der Waals surface area contributed by atoms with Crippen molar-refractivity contribution in [1.29, 1.82) is 0 Å². The molecule has 0 bridgehead atoms. The second-order valence-electron chi connectivity index (χ2n) is 7.67. The molecule has 0 N–H and O–H groups in total. The van der Waals surface area contributed by atoms with Crippen molar-refractivity contribution in [2.45, 2.75) is 18.4 Å². The number of imide groups is 1. The number of nitrogens with zero attached hydrogens (tertiary/aromatic N) is 2. The molecule has 1 saturated heterocycles. The zero-order chi connectivity index (χ0) is 26.0. The highest BCUT2D eigenvalue weighted by molar-refractivity contribution is 9.10. The van der Waals surface area contributed by atoms with Gasteiger partial charge in [0.25, 0.3) is 16.8 Å². The molecule has 1 heterocycles. The van der Waals surface area contributed by atoms with Crippen molar-refractivity contribution in [3.63, 3.8) is 0 Å². The van der Waals surface area contributed by atoms with E-state index in [2.05, 4.69) is 15.9 Å². The minimum Gasteiger partial charge on any atom is -0.379 e. The van der Waals surface area contributed by atoms with Gasteiger partial charge in [0, 0.05) is 16.1 Å². The Bertz CT molecular complexity index is 1520. The molecule has 9 nitrogen and oxygen atoms in total. The average Bonchev–Trinajstić information content (AvgIpc) is 3.08. The second kappa shape index (κ2) is 10.2. The molecule has 1 aliphatic heterocycles. The Labute approximate surface area is 219 Å². The summed E-state index contributed by atoms with van der Waals surface area (Å²) in [6, 6.07) is 16.7. The molecule has 3 aromatic rings. The molecule has 0 aliphatic carbocycles. The van der Waals surface area contributed by atoms with Gasteiger partial charge in [0.15, 0.2) is 0 Å². The Morgan fingerprint density at radius 1 is 1.08 bits per heavy atom. The van der Waals surface area contributed by atoms with Crippen LogP contribution >= 0.6 is 27.7 Å². The first-order chi connectivity index (χ1) is 17.0. The Hall–Kier alpha value is -3.48. The molecule has 4 rings (SSSR count). The Morgan fingerprint density at radius 3 is 2.44 bits per heavy atom. The Kier molecular flexibility index (Phi) is 7.29. The molecule has 1 fully saturated rings. The van der Waals surface area contributed by atoms with Gasteiger partial charge >= 0.3 is 10.1 Å². The average molecular weight is 589 g/mol. The number of benzene rings is 3. The summed E-state index contributed by atoms with van der Waals surface area (Å²) in [7, 11) is -4.31. The van der Waals surface area contributed by atoms with Crippen LogP contribution in [-0.4, -0.2) is 29.4 Å². The van der Waals surface area contributed by atoms with Crippen molar-refractivity contribution in [3.8, 4) is 5.75 Å². The van der Waals surface area contributed by atoms with Gasteiger partial charge in [0.2, 0.25) is 0 Å². The van der Waals surface area contributed by atoms with Crippen LogP contribution in [0, 0.1) is 17.0 Å². The van der Waals surface area contributed by atoms with Crippen molar-refractivity contribution in [3.05, 3.63) is 103 Å². The quantitative estimate of drug-likeness (QED) is 0.150. The number of hydrogen-bond donors (Lipinski definition) is 0. The maximum atomic E-state index is 12.8. The molecular weight excluding hydrogens is 572 g/mol. The molecule has 0 spiro atoms. The zero-order valence-electron chi connectivity index (χ0n) is 18.6. The van der Waals surface area contributed by atoms with Crippen LogP contribution in [0.5, 0.6) is 5.75 Å². The summed E-state index contributed by atoms with van der Waals surface area (Å²) in [4.78, 5) is 36.7. The lowest BCUT2D eigenvalue weighted by Gasteiger charge is -2.13. The number of nitro groups is 1. The number of thioether (sulfide) groups is 1. The van der Waals surface area contributed by atoms with E-state index in [1.54, 1.807) is 0 Å². The summed E-state index contributed by atoms with van der Waals surface area (Å²) in [5, 5.41) is 10.7. The van der Waals surface area contributed by atoms with E-state index in [0.29, 0.717) is 11.1 Å². The number of halogens is 1. The SMILES string of the molecule is Cc1ccc(S(=O)(=O)Oc2ccc(/C=C3\SC(=O)N(Cc4ccccc4Br)C3=O)cc2)cc1[N+](=O)[O-]. The van der Waals surface area contributed by atoms with Gasteiger partial charge in [-0.1, -0.05) is 52.3 Å². The molecule has 0 aromatic heterocycles. The minimum absolute atomic E-state index is 0.0163. The third-order valence-corrected chi connectivity index (χ3v) is 8.13. The molecule has 0 unspecified atom stereocenters. The summed E-state index contributed by atoms with van der Waals surface area (Å²) in [5.41, 5.74) is 1.34. The van der Waals surface area contributed by atoms with E-state index in [-0.39, 0.29) is 33.0 Å². The predicted molar refractivity (Wildman–Crippen MR) is 138 cm³/mol. The highest BCUT2D eigenvalue weighted by atomic mass is 79.9. The maximum Gasteiger partial charge on any atom is 0.339 e. The number of rotatable bonds is 7. The lowest BCUT2D eigenvalue weighted by molar-refractivity contribution is -0.385. The Balaban J connectivity index is 1.49. The van der Waals surface area contributed by atoms with Crippen LogP contribution in [0.1, 0.15) is 16.7 Å². The molecule has 36 heavy (non-hydrogen) atoms. The van der Waals surface area contributed by atoms with Crippen LogP contribution in [0.15, 0.2) is 81.0 Å². The van der Waals surface area contributed by atoms with E-state index in [4.69, 9.17) is 4.18 Å². The number of carbonyl (C=O) groups is 2. The summed E-state index contributed by atoms with van der Waals surface area (Å²) in [6.07, 6.45) is 1.53. The first kappa shape index (κ1) is 25.6. The fraction of sp³-hybridized carbons (Fsp3) is 0.0833. The smallest absolute Gasteiger partial charge is 0.339 e. The predicted octanol–water partition coefficient (Wildman–Crippen LogP) is 5.67. The maximum absolute atomic E-state index is 12.8. The number of nitro benzene ring substituents is 1. The van der Waals surface area contributed by atoms with Gasteiger partial charge in [0.1, 0.15) is 10.6 Å². The van der Waals surface area contributed by atoms with Crippen LogP contribution in [0.4, 0.5) is 10.5 Å². The van der Waals surface area contributed by atoms with E-state index >= 15 is 0 Å². The highest BCUT2D eigenvalue weighted by Gasteiger charge is 2.35. The van der Waals surface area contributed by atoms with Gasteiger partial charge in [-0.3, -0.25) is 24.6 Å². The number of aryl methyl sites for hydroxylation is 1. The van der Waals surface area contributed by atoms with Gasteiger partial charge in [-0.2, -0.15) is 8.42 Å². The second-order valence-corrected chi connectivity index (χ2v) is 11.1. The zero-order valence-corrected chi connectivity index (χ0v) is 21.8. The van der Waals surface area contributed by atoms with E-state index in [1.165, 1.54) is 49.4 Å². The van der Waals surface area contributed by atoms with Crippen molar-refractivity contribution in [2.24, 2.45) is 0 Å². The lowest BCUT2D eigenvalue weighted by atomic mass is 10.2. The molecule has 0 atom stereocenters. The molecule has 12 heteroatoms. The van der Waals surface area contributed by atoms with E-state index in [9.17, 15) is 28.1 Å². The fourth-order valence-corrected chi connectivity index (χ4v) is 5.52. The highest BCUT2D eigenvalue weighted by Crippen LogP contribution is 2.34. The topological polar surface area (TPSA) is 124 Å². The van der Waals surface area contributed by atoms with Crippen molar-refractivity contribution < 1.29 is 27.1 Å². The van der Waals surface area contributed by atoms with E-state index in [1.807, 2.05) is 24.3 Å². The molecule has 184 valence electrons. The molecule has 2 amide bonds. The largest absolute Gasteiger partial charge is 0.379 e. The van der Waals surface area contributed by atoms with Crippen LogP contribution in [0.2, 0.25) is 0 Å². The first-order valence-corrected chi connectivity index (χ1v) is 13.4. The lowest BCUT2D eigenvalue weighted by Crippen LogP contribution is -2.27. The third kappa shape index (κ3) is 5.50. The van der Waals surface area contributed by atoms with Crippen LogP contribution in [0.25, 0.3) is 6.08 Å². The van der Waals surface area contributed by atoms with E-state index < -0.39 is 20.9 Å². The van der Waals surface area contributed by atoms with Gasteiger partial charge in [0.05, 0.1) is 16.4 Å². The third-order valence-electron chi connectivity index (χ3n) is 5.21. The van der Waals surface area contributed by atoms with Gasteiger partial charge in [-0.25, -0.2) is 0 Å². The number of hydrogen-bond acceptors (Lipinski definition) is 8. The summed E-state index contributed by atoms with van der Waals surface area (Å²) in [6.45, 7) is 1.63. The molecule has 1 aliphatic rings. The summed E-state index contributed by atoms with van der Waals surface area (Å²) >= 11 is 4.23. The van der Waals surface area contributed by atoms with Crippen molar-refractivity contribution in [1.82, 2.24) is 4.90 Å². The Morgan fingerprint density at radius 2 is 1.78 bits per heavy atom. The first-order valence-electron chi connectivity index (χ1n) is 10.3. The van der Waals surface area contributed by atoms with Gasteiger partial charge in [-0.05, 0) is 60.2 Å². The van der Waals surface area contributed by atoms with Crippen molar-refractivity contribution in [2.75, 3.05) is 0 Å². The minimum atomic E-state index is -4.31. The summed E-state index contributed by atoms with van der Waals surface area (Å²) < 4.78 is 31.1. The molecule has 0 saturated carbocycles. The van der Waals surface area contributed by atoms with E-state index in [0.717, 1.165) is 32.8 Å². The number of amides is 2. The fourth-order valence-electron chi connectivity index (χ4n) is 3.32. The van der Waals surface area contributed by atoms with Crippen molar-refractivity contribution >= 4 is 60.7 Å². The standard InChI is InChI=1S/C24H17BrN2O7S2/c1-15-6-11-19(13-21(15)27(30)31)36(32,33)34-18-9-7-16(8-10-18)12-22-23(28)26(24(29)35-22)14-17-4-2-3-5-20(17)25/h2-13H,14H2,1H3/b22-12-. The van der Waals surface area contributed by atoms with Crippen LogP contribution in [0.3, 0.4) is 0 Å². The van der Waals surface area contributed by atoms with Gasteiger partial charge < -0.3 is 4.18 Å².